The van der Waals surface area contributed by atoms with Crippen molar-refractivity contribution in [2.24, 2.45) is 0 Å². The normalized spacial score (nSPS) is 12.0. The third kappa shape index (κ3) is 7.49. The average Bonchev–Trinajstić information content (AvgIpc) is 2.91. The third-order valence-corrected chi connectivity index (χ3v) is 8.38. The van der Waals surface area contributed by atoms with Gasteiger partial charge in [0.2, 0.25) is 11.8 Å². The van der Waals surface area contributed by atoms with Crippen molar-refractivity contribution in [2.75, 3.05) is 17.4 Å². The molecule has 10 heteroatoms. The molecule has 1 atom stereocenters. The Morgan fingerprint density at radius 1 is 0.947 bits per heavy atom. The second-order valence-electron chi connectivity index (χ2n) is 8.74. The number of sulfonamides is 1. The van der Waals surface area contributed by atoms with Gasteiger partial charge >= 0.3 is 0 Å². The summed E-state index contributed by atoms with van der Waals surface area (Å²) >= 11 is 12.4. The number of benzene rings is 3. The van der Waals surface area contributed by atoms with E-state index in [2.05, 4.69) is 5.32 Å². The van der Waals surface area contributed by atoms with Crippen LogP contribution in [0.15, 0.2) is 83.8 Å². The van der Waals surface area contributed by atoms with Gasteiger partial charge in [-0.2, -0.15) is 0 Å². The molecular formula is C28H31Cl2N3O4S. The van der Waals surface area contributed by atoms with Gasteiger partial charge in [0.25, 0.3) is 10.0 Å². The molecule has 0 unspecified atom stereocenters. The minimum atomic E-state index is -4.09. The Hall–Kier alpha value is -3.07. The highest BCUT2D eigenvalue weighted by Gasteiger charge is 2.32. The van der Waals surface area contributed by atoms with Gasteiger partial charge in [-0.15, -0.1) is 0 Å². The second-order valence-corrected chi connectivity index (χ2v) is 11.4. The third-order valence-electron chi connectivity index (χ3n) is 6.01. The second kappa shape index (κ2) is 13.6. The number of carbonyl (C=O) groups excluding carboxylic acids is 2. The van der Waals surface area contributed by atoms with Crippen LogP contribution in [0, 0.1) is 0 Å². The molecule has 202 valence electrons. The first-order valence-electron chi connectivity index (χ1n) is 12.3. The number of unbranched alkanes of at least 4 members (excludes halogenated alkanes) is 1. The Bertz CT molecular complexity index is 1340. The van der Waals surface area contributed by atoms with Gasteiger partial charge in [-0.25, -0.2) is 8.42 Å². The van der Waals surface area contributed by atoms with Crippen LogP contribution in [0.2, 0.25) is 10.0 Å². The quantitative estimate of drug-likeness (QED) is 0.288. The number of halogens is 2. The maximum absolute atomic E-state index is 13.8. The summed E-state index contributed by atoms with van der Waals surface area (Å²) < 4.78 is 28.4. The van der Waals surface area contributed by atoms with Crippen molar-refractivity contribution >= 4 is 50.7 Å². The van der Waals surface area contributed by atoms with Gasteiger partial charge in [0, 0.05) is 23.1 Å². The molecule has 2 amide bonds. The molecule has 0 aromatic heterocycles. The number of hydrogen-bond acceptors (Lipinski definition) is 4. The number of para-hydroxylation sites is 1. The first-order chi connectivity index (χ1) is 18.1. The zero-order valence-corrected chi connectivity index (χ0v) is 23.6. The van der Waals surface area contributed by atoms with Crippen LogP contribution in [0.4, 0.5) is 5.69 Å². The monoisotopic (exact) mass is 575 g/mol. The van der Waals surface area contributed by atoms with E-state index in [4.69, 9.17) is 23.2 Å². The van der Waals surface area contributed by atoms with Crippen molar-refractivity contribution in [1.82, 2.24) is 10.2 Å². The van der Waals surface area contributed by atoms with Gasteiger partial charge in [0.05, 0.1) is 10.6 Å². The number of rotatable bonds is 12. The van der Waals surface area contributed by atoms with Crippen molar-refractivity contribution in [3.63, 3.8) is 0 Å². The number of carbonyl (C=O) groups is 2. The molecular weight excluding hydrogens is 545 g/mol. The van der Waals surface area contributed by atoms with Crippen LogP contribution < -0.4 is 9.62 Å². The Labute approximate surface area is 234 Å². The molecule has 0 saturated carbocycles. The Morgan fingerprint density at radius 3 is 2.18 bits per heavy atom. The number of hydrogen-bond donors (Lipinski definition) is 1. The van der Waals surface area contributed by atoms with E-state index in [0.717, 1.165) is 17.1 Å². The van der Waals surface area contributed by atoms with Gasteiger partial charge in [0.15, 0.2) is 0 Å². The summed E-state index contributed by atoms with van der Waals surface area (Å²) in [7, 11) is -4.09. The van der Waals surface area contributed by atoms with E-state index >= 15 is 0 Å². The van der Waals surface area contributed by atoms with Crippen molar-refractivity contribution in [1.29, 1.82) is 0 Å². The van der Waals surface area contributed by atoms with E-state index < -0.39 is 28.5 Å². The highest BCUT2D eigenvalue weighted by atomic mass is 35.5. The van der Waals surface area contributed by atoms with E-state index in [-0.39, 0.29) is 17.3 Å². The predicted octanol–water partition coefficient (Wildman–Crippen LogP) is 5.52. The van der Waals surface area contributed by atoms with Crippen LogP contribution in [-0.2, 0) is 26.2 Å². The first kappa shape index (κ1) is 29.5. The highest BCUT2D eigenvalue weighted by molar-refractivity contribution is 7.92. The number of nitrogens with one attached hydrogen (secondary N) is 1. The minimum absolute atomic E-state index is 0.00872. The zero-order valence-electron chi connectivity index (χ0n) is 21.3. The maximum atomic E-state index is 13.8. The van der Waals surface area contributed by atoms with E-state index in [1.807, 2.05) is 6.92 Å². The van der Waals surface area contributed by atoms with Gasteiger partial charge in [-0.3, -0.25) is 13.9 Å². The molecule has 0 radical (unpaired) electrons. The molecule has 0 fully saturated rings. The first-order valence-corrected chi connectivity index (χ1v) is 14.5. The van der Waals surface area contributed by atoms with Crippen LogP contribution in [-0.4, -0.2) is 44.3 Å². The molecule has 0 saturated heterocycles. The van der Waals surface area contributed by atoms with Crippen LogP contribution in [0.1, 0.15) is 32.3 Å². The lowest BCUT2D eigenvalue weighted by Crippen LogP contribution is -2.51. The smallest absolute Gasteiger partial charge is 0.264 e. The molecule has 1 N–H and O–H groups in total. The lowest BCUT2D eigenvalue weighted by Gasteiger charge is -2.32. The lowest BCUT2D eigenvalue weighted by molar-refractivity contribution is -0.139. The van der Waals surface area contributed by atoms with Crippen LogP contribution in [0.3, 0.4) is 0 Å². The largest absolute Gasteiger partial charge is 0.354 e. The maximum Gasteiger partial charge on any atom is 0.264 e. The van der Waals surface area contributed by atoms with Crippen molar-refractivity contribution < 1.29 is 18.0 Å². The van der Waals surface area contributed by atoms with Gasteiger partial charge in [-0.1, -0.05) is 79.0 Å². The average molecular weight is 577 g/mol. The molecule has 0 aliphatic carbocycles. The molecule has 7 nitrogen and oxygen atoms in total. The summed E-state index contributed by atoms with van der Waals surface area (Å²) in [5, 5.41) is 3.63. The molecule has 0 aliphatic heterocycles. The molecule has 38 heavy (non-hydrogen) atoms. The topological polar surface area (TPSA) is 86.8 Å². The molecule has 3 rings (SSSR count). The summed E-state index contributed by atoms with van der Waals surface area (Å²) in [4.78, 5) is 28.2. The van der Waals surface area contributed by atoms with Gasteiger partial charge in [-0.05, 0) is 55.3 Å². The molecule has 3 aromatic carbocycles. The summed E-state index contributed by atoms with van der Waals surface area (Å²) in [6.45, 7) is 3.58. The van der Waals surface area contributed by atoms with Crippen LogP contribution in [0.25, 0.3) is 0 Å². The molecule has 0 bridgehead atoms. The van der Waals surface area contributed by atoms with E-state index in [9.17, 15) is 18.0 Å². The SMILES string of the molecule is CCCCNC(=O)[C@@H](C)N(Cc1ccc(Cl)cc1Cl)C(=O)CN(c1ccccc1)S(=O)(=O)c1ccccc1. The van der Waals surface area contributed by atoms with Gasteiger partial charge in [0.1, 0.15) is 12.6 Å². The highest BCUT2D eigenvalue weighted by Crippen LogP contribution is 2.26. The number of amides is 2. The number of nitrogens with zero attached hydrogens (tertiary/aromatic N) is 2. The fourth-order valence-electron chi connectivity index (χ4n) is 3.79. The molecule has 0 aliphatic rings. The van der Waals surface area contributed by atoms with E-state index in [0.29, 0.717) is 27.8 Å². The Morgan fingerprint density at radius 2 is 1.58 bits per heavy atom. The summed E-state index contributed by atoms with van der Waals surface area (Å²) in [5.74, 6) is -0.897. The fourth-order valence-corrected chi connectivity index (χ4v) is 5.70. The number of anilines is 1. The minimum Gasteiger partial charge on any atom is -0.354 e. The Kier molecular flexibility index (Phi) is 10.6. The van der Waals surface area contributed by atoms with Crippen molar-refractivity contribution in [2.45, 2.75) is 44.2 Å². The van der Waals surface area contributed by atoms with Crippen LogP contribution >= 0.6 is 23.2 Å². The van der Waals surface area contributed by atoms with Crippen molar-refractivity contribution in [3.8, 4) is 0 Å². The lowest BCUT2D eigenvalue weighted by atomic mass is 10.1. The Balaban J connectivity index is 1.98. The molecule has 0 spiro atoms. The summed E-state index contributed by atoms with van der Waals surface area (Å²) in [6.07, 6.45) is 1.70. The van der Waals surface area contributed by atoms with Gasteiger partial charge < -0.3 is 10.2 Å². The molecule has 3 aromatic rings. The fraction of sp³-hybridized carbons (Fsp3) is 0.286. The molecule has 0 heterocycles. The van der Waals surface area contributed by atoms with Crippen molar-refractivity contribution in [3.05, 3.63) is 94.5 Å². The summed E-state index contributed by atoms with van der Waals surface area (Å²) in [6, 6.07) is 20.3. The summed E-state index contributed by atoms with van der Waals surface area (Å²) in [5.41, 5.74) is 0.907. The zero-order chi connectivity index (χ0) is 27.7. The van der Waals surface area contributed by atoms with Crippen LogP contribution in [0.5, 0.6) is 0 Å². The van der Waals surface area contributed by atoms with E-state index in [1.54, 1.807) is 73.7 Å². The predicted molar refractivity (Wildman–Crippen MR) is 152 cm³/mol. The standard InChI is InChI=1S/C28H31Cl2N3O4S/c1-3-4-17-31-28(35)21(2)32(19-22-15-16-23(29)18-26(22)30)27(34)20-33(24-11-7-5-8-12-24)38(36,37)25-13-9-6-10-14-25/h5-16,18,21H,3-4,17,19-20H2,1-2H3,(H,31,35)/t21-/m1/s1. The van der Waals surface area contributed by atoms with E-state index in [1.165, 1.54) is 17.0 Å².